The predicted octanol–water partition coefficient (Wildman–Crippen LogP) is 3.34. The minimum atomic E-state index is -0.334. The fourth-order valence-electron chi connectivity index (χ4n) is 3.98. The summed E-state index contributed by atoms with van der Waals surface area (Å²) < 4.78 is 2.07. The molecule has 1 fully saturated rings. The second-order valence-corrected chi connectivity index (χ2v) is 7.17. The van der Waals surface area contributed by atoms with Gasteiger partial charge in [-0.2, -0.15) is 0 Å². The molecule has 0 radical (unpaired) electrons. The highest BCUT2D eigenvalue weighted by Gasteiger charge is 2.31. The average Bonchev–Trinajstić information content (AvgIpc) is 3.23. The van der Waals surface area contributed by atoms with Crippen LogP contribution in [0.3, 0.4) is 0 Å². The lowest BCUT2D eigenvalue weighted by Crippen LogP contribution is -2.31. The van der Waals surface area contributed by atoms with Crippen molar-refractivity contribution in [2.45, 2.75) is 58.0 Å². The zero-order valence-corrected chi connectivity index (χ0v) is 13.9. The largest absolute Gasteiger partial charge is 0.320 e. The number of nitrogens with two attached hydrogens (primary N) is 1. The van der Waals surface area contributed by atoms with E-state index in [2.05, 4.69) is 42.7 Å². The molecule has 0 spiro atoms. The summed E-state index contributed by atoms with van der Waals surface area (Å²) in [4.78, 5) is 13.1. The molecule has 120 valence electrons. The second-order valence-electron chi connectivity index (χ2n) is 7.17. The fraction of sp³-hybridized carbons (Fsp3) is 0.450. The van der Waals surface area contributed by atoms with E-state index in [4.69, 9.17) is 5.73 Å². The standard InChI is InChI=1S/C20H24N2O/c1-12-6-9-16(13(2)10-12)19(21)17-11-14-4-3-5-18(14)22(20(17)23)15-7-8-15/h6,9-11,15,19H,3-5,7-8,21H2,1-2H3. The number of benzene rings is 1. The van der Waals surface area contributed by atoms with E-state index in [1.807, 2.05) is 0 Å². The minimum absolute atomic E-state index is 0.139. The number of pyridine rings is 1. The maximum Gasteiger partial charge on any atom is 0.256 e. The van der Waals surface area contributed by atoms with Gasteiger partial charge in [0.2, 0.25) is 0 Å². The molecule has 1 unspecified atom stereocenters. The molecule has 0 bridgehead atoms. The molecule has 0 saturated heterocycles. The summed E-state index contributed by atoms with van der Waals surface area (Å²) in [6, 6.07) is 8.47. The zero-order valence-electron chi connectivity index (χ0n) is 13.9. The third kappa shape index (κ3) is 2.43. The predicted molar refractivity (Wildman–Crippen MR) is 92.9 cm³/mol. The molecule has 4 rings (SSSR count). The summed E-state index contributed by atoms with van der Waals surface area (Å²) in [5.74, 6) is 0. The fourth-order valence-corrected chi connectivity index (χ4v) is 3.98. The van der Waals surface area contributed by atoms with Gasteiger partial charge in [0.15, 0.2) is 0 Å². The first-order valence-electron chi connectivity index (χ1n) is 8.66. The Balaban J connectivity index is 1.85. The number of aromatic nitrogens is 1. The van der Waals surface area contributed by atoms with Crippen LogP contribution in [0.1, 0.15) is 64.9 Å². The molecule has 2 aliphatic rings. The van der Waals surface area contributed by atoms with Gasteiger partial charge < -0.3 is 10.3 Å². The van der Waals surface area contributed by atoms with Gasteiger partial charge in [-0.1, -0.05) is 23.8 Å². The van der Waals surface area contributed by atoms with Gasteiger partial charge in [0.05, 0.1) is 6.04 Å². The number of hydrogen-bond donors (Lipinski definition) is 1. The van der Waals surface area contributed by atoms with Crippen molar-refractivity contribution in [3.8, 4) is 0 Å². The maximum absolute atomic E-state index is 13.1. The van der Waals surface area contributed by atoms with Gasteiger partial charge in [0.25, 0.3) is 5.56 Å². The molecular formula is C20H24N2O. The zero-order chi connectivity index (χ0) is 16.1. The lowest BCUT2D eigenvalue weighted by atomic mass is 9.94. The van der Waals surface area contributed by atoms with Gasteiger partial charge >= 0.3 is 0 Å². The van der Waals surface area contributed by atoms with Gasteiger partial charge in [-0.15, -0.1) is 0 Å². The van der Waals surface area contributed by atoms with Crippen LogP contribution < -0.4 is 11.3 Å². The lowest BCUT2D eigenvalue weighted by molar-refractivity contribution is 0.648. The molecule has 1 aromatic carbocycles. The molecule has 0 aliphatic heterocycles. The SMILES string of the molecule is Cc1ccc(C(N)c2cc3c(n(C4CC4)c2=O)CCC3)c(C)c1. The quantitative estimate of drug-likeness (QED) is 0.945. The first kappa shape index (κ1) is 14.7. The maximum atomic E-state index is 13.1. The molecule has 3 nitrogen and oxygen atoms in total. The Morgan fingerprint density at radius 1 is 1.13 bits per heavy atom. The van der Waals surface area contributed by atoms with Crippen LogP contribution in [0.4, 0.5) is 0 Å². The lowest BCUT2D eigenvalue weighted by Gasteiger charge is -2.19. The summed E-state index contributed by atoms with van der Waals surface area (Å²) in [6.07, 6.45) is 5.54. The molecule has 2 aromatic rings. The molecule has 1 aromatic heterocycles. The summed E-state index contributed by atoms with van der Waals surface area (Å²) >= 11 is 0. The van der Waals surface area contributed by atoms with E-state index < -0.39 is 0 Å². The van der Waals surface area contributed by atoms with Crippen LogP contribution in [-0.2, 0) is 12.8 Å². The minimum Gasteiger partial charge on any atom is -0.320 e. The van der Waals surface area contributed by atoms with Crippen LogP contribution in [0.25, 0.3) is 0 Å². The van der Waals surface area contributed by atoms with E-state index in [1.165, 1.54) is 16.8 Å². The van der Waals surface area contributed by atoms with Gasteiger partial charge in [0, 0.05) is 17.3 Å². The monoisotopic (exact) mass is 308 g/mol. The van der Waals surface area contributed by atoms with Crippen LogP contribution in [0, 0.1) is 13.8 Å². The highest BCUT2D eigenvalue weighted by molar-refractivity contribution is 5.41. The first-order valence-corrected chi connectivity index (χ1v) is 8.66. The molecular weight excluding hydrogens is 284 g/mol. The Bertz CT molecular complexity index is 830. The van der Waals surface area contributed by atoms with Crippen LogP contribution >= 0.6 is 0 Å². The van der Waals surface area contributed by atoms with Crippen molar-refractivity contribution in [3.05, 3.63) is 68.1 Å². The van der Waals surface area contributed by atoms with Crippen molar-refractivity contribution in [2.24, 2.45) is 5.73 Å². The second kappa shape index (κ2) is 5.34. The molecule has 3 heteroatoms. The number of aryl methyl sites for hydroxylation is 3. The number of fused-ring (bicyclic) bond motifs is 1. The van der Waals surface area contributed by atoms with E-state index in [9.17, 15) is 4.79 Å². The molecule has 2 aliphatic carbocycles. The first-order chi connectivity index (χ1) is 11.1. The van der Waals surface area contributed by atoms with Gasteiger partial charge in [0.1, 0.15) is 0 Å². The number of nitrogens with zero attached hydrogens (tertiary/aromatic N) is 1. The number of rotatable bonds is 3. The molecule has 1 heterocycles. The molecule has 23 heavy (non-hydrogen) atoms. The van der Waals surface area contributed by atoms with Crippen molar-refractivity contribution < 1.29 is 0 Å². The Hall–Kier alpha value is -1.87. The molecule has 1 atom stereocenters. The Kier molecular flexibility index (Phi) is 3.42. The van der Waals surface area contributed by atoms with Crippen molar-refractivity contribution in [1.29, 1.82) is 0 Å². The van der Waals surface area contributed by atoms with Crippen molar-refractivity contribution in [1.82, 2.24) is 4.57 Å². The van der Waals surface area contributed by atoms with Gasteiger partial charge in [-0.3, -0.25) is 4.79 Å². The Morgan fingerprint density at radius 3 is 2.61 bits per heavy atom. The van der Waals surface area contributed by atoms with Gasteiger partial charge in [-0.25, -0.2) is 0 Å². The summed E-state index contributed by atoms with van der Waals surface area (Å²) in [6.45, 7) is 4.16. The Morgan fingerprint density at radius 2 is 1.91 bits per heavy atom. The third-order valence-corrected chi connectivity index (χ3v) is 5.32. The van der Waals surface area contributed by atoms with E-state index in [-0.39, 0.29) is 11.6 Å². The smallest absolute Gasteiger partial charge is 0.256 e. The highest BCUT2D eigenvalue weighted by Crippen LogP contribution is 2.38. The average molecular weight is 308 g/mol. The van der Waals surface area contributed by atoms with Gasteiger partial charge in [-0.05, 0) is 68.7 Å². The normalized spacial score (nSPS) is 18.0. The topological polar surface area (TPSA) is 48.0 Å². The van der Waals surface area contributed by atoms with Crippen LogP contribution in [0.15, 0.2) is 29.1 Å². The molecule has 0 amide bonds. The Labute approximate surface area is 137 Å². The van der Waals surface area contributed by atoms with Crippen LogP contribution in [0.2, 0.25) is 0 Å². The highest BCUT2D eigenvalue weighted by atomic mass is 16.1. The van der Waals surface area contributed by atoms with Crippen LogP contribution in [0.5, 0.6) is 0 Å². The molecule has 2 N–H and O–H groups in total. The van der Waals surface area contributed by atoms with E-state index >= 15 is 0 Å². The van der Waals surface area contributed by atoms with Crippen molar-refractivity contribution >= 4 is 0 Å². The summed E-state index contributed by atoms with van der Waals surface area (Å²) in [5.41, 5.74) is 13.5. The summed E-state index contributed by atoms with van der Waals surface area (Å²) in [5, 5.41) is 0. The number of hydrogen-bond acceptors (Lipinski definition) is 2. The van der Waals surface area contributed by atoms with E-state index in [1.54, 1.807) is 0 Å². The van der Waals surface area contributed by atoms with Crippen molar-refractivity contribution in [2.75, 3.05) is 0 Å². The third-order valence-electron chi connectivity index (χ3n) is 5.32. The van der Waals surface area contributed by atoms with Crippen LogP contribution in [-0.4, -0.2) is 4.57 Å². The molecule has 1 saturated carbocycles. The van der Waals surface area contributed by atoms with E-state index in [0.717, 1.165) is 48.8 Å². The van der Waals surface area contributed by atoms with Crippen molar-refractivity contribution in [3.63, 3.8) is 0 Å². The van der Waals surface area contributed by atoms with E-state index in [0.29, 0.717) is 6.04 Å². The summed E-state index contributed by atoms with van der Waals surface area (Å²) in [7, 11) is 0.